The molecule has 0 saturated carbocycles. The smallest absolute Gasteiger partial charge is 0.497 e. The van der Waals surface area contributed by atoms with E-state index in [1.165, 1.54) is 74.6 Å². The summed E-state index contributed by atoms with van der Waals surface area (Å²) in [7, 11) is 3.07. The van der Waals surface area contributed by atoms with Gasteiger partial charge >= 0.3 is 18.1 Å². The fourth-order valence-electron chi connectivity index (χ4n) is 7.23. The van der Waals surface area contributed by atoms with Crippen LogP contribution in [0, 0.1) is 32.1 Å². The molecule has 0 aromatic heterocycles. The number of nitrogens with zero attached hydrogens (tertiary/aromatic N) is 3. The molecule has 18 nitrogen and oxygen atoms in total. The number of non-ortho nitro benzene ring substituents is 2. The zero-order chi connectivity index (χ0) is 46.7. The molecule has 0 N–H and O–H groups in total. The highest BCUT2D eigenvalue weighted by atomic mass is 16.7. The van der Waals surface area contributed by atoms with Gasteiger partial charge in [0, 0.05) is 36.7 Å². The van der Waals surface area contributed by atoms with E-state index in [1.54, 1.807) is 45.0 Å². The van der Waals surface area contributed by atoms with Gasteiger partial charge in [0.1, 0.15) is 36.4 Å². The van der Waals surface area contributed by atoms with Crippen molar-refractivity contribution in [1.29, 1.82) is 0 Å². The first kappa shape index (κ1) is 47.7. The van der Waals surface area contributed by atoms with Crippen LogP contribution in [0.3, 0.4) is 0 Å². The Bertz CT molecular complexity index is 2260. The number of methoxy groups -OCH3 is 2. The number of ketones is 1. The molecule has 4 atom stereocenters. The first-order valence-electron chi connectivity index (χ1n) is 20.2. The molecular formula is C46H49N3O15. The van der Waals surface area contributed by atoms with Gasteiger partial charge in [-0.2, -0.15) is 0 Å². The number of nitro benzene ring substituents is 2. The molecule has 1 aliphatic rings. The number of esters is 2. The van der Waals surface area contributed by atoms with Crippen LogP contribution in [-0.2, 0) is 64.2 Å². The van der Waals surface area contributed by atoms with Gasteiger partial charge in [0.2, 0.25) is 11.8 Å². The Hall–Kier alpha value is -7.37. The Morgan fingerprint density at radius 3 is 1.53 bits per heavy atom. The highest BCUT2D eigenvalue weighted by molar-refractivity contribution is 6.15. The molecular weight excluding hydrogens is 835 g/mol. The summed E-state index contributed by atoms with van der Waals surface area (Å²) in [4.78, 5) is 92.0. The lowest BCUT2D eigenvalue weighted by Gasteiger charge is -2.52. The van der Waals surface area contributed by atoms with E-state index < -0.39 is 88.3 Å². The summed E-state index contributed by atoms with van der Waals surface area (Å²) < 4.78 is 32.5. The van der Waals surface area contributed by atoms with Crippen LogP contribution < -0.4 is 9.47 Å². The van der Waals surface area contributed by atoms with Crippen molar-refractivity contribution >= 4 is 41.2 Å². The number of ether oxygens (including phenoxy) is 6. The summed E-state index contributed by atoms with van der Waals surface area (Å²) in [5.41, 5.74) is 0.933. The quantitative estimate of drug-likeness (QED) is 0.0219. The van der Waals surface area contributed by atoms with Gasteiger partial charge in [-0.1, -0.05) is 24.3 Å². The number of Topliss-reactive ketones (excluding diaryl/α,β-unsaturated/α-hetero) is 1. The van der Waals surface area contributed by atoms with Gasteiger partial charge in [0.25, 0.3) is 11.4 Å². The largest absolute Gasteiger partial charge is 0.508 e. The van der Waals surface area contributed by atoms with E-state index in [9.17, 15) is 44.2 Å². The lowest BCUT2D eigenvalue weighted by molar-refractivity contribution is -0.385. The summed E-state index contributed by atoms with van der Waals surface area (Å²) in [6.07, 6.45) is -2.34. The third-order valence-electron chi connectivity index (χ3n) is 10.4. The molecule has 1 aliphatic heterocycles. The molecule has 1 fully saturated rings. The van der Waals surface area contributed by atoms with Gasteiger partial charge in [-0.3, -0.25) is 39.4 Å². The number of hydrogen-bond donors (Lipinski definition) is 0. The summed E-state index contributed by atoms with van der Waals surface area (Å²) in [5, 5.41) is 22.2. The molecule has 0 spiro atoms. The second kappa shape index (κ2) is 21.1. The predicted molar refractivity (Wildman–Crippen MR) is 227 cm³/mol. The Balaban J connectivity index is 1.45. The highest BCUT2D eigenvalue weighted by Crippen LogP contribution is 2.38. The molecule has 0 radical (unpaired) electrons. The van der Waals surface area contributed by atoms with Crippen molar-refractivity contribution in [2.24, 2.45) is 11.8 Å². The number of nitro groups is 2. The Morgan fingerprint density at radius 2 is 1.11 bits per heavy atom. The van der Waals surface area contributed by atoms with Crippen molar-refractivity contribution in [3.05, 3.63) is 140 Å². The number of β-lactam (4-membered cyclic amide) rings is 1. The Kier molecular flexibility index (Phi) is 15.7. The number of carbonyl (C=O) groups excluding carboxylic acids is 5. The van der Waals surface area contributed by atoms with E-state index in [-0.39, 0.29) is 18.0 Å². The Morgan fingerprint density at radius 1 is 0.672 bits per heavy atom. The molecule has 1 saturated heterocycles. The molecule has 0 aliphatic carbocycles. The van der Waals surface area contributed by atoms with Crippen LogP contribution in [0.25, 0.3) is 0 Å². The van der Waals surface area contributed by atoms with Crippen LogP contribution in [0.4, 0.5) is 16.2 Å². The predicted octanol–water partition coefficient (Wildman–Crippen LogP) is 6.90. The van der Waals surface area contributed by atoms with E-state index in [1.807, 2.05) is 24.3 Å². The van der Waals surface area contributed by atoms with Crippen molar-refractivity contribution in [1.82, 2.24) is 4.90 Å². The third-order valence-corrected chi connectivity index (χ3v) is 10.4. The fraction of sp³-hybridized carbons (Fsp3) is 0.370. The minimum atomic E-state index is -2.10. The molecule has 4 aromatic carbocycles. The van der Waals surface area contributed by atoms with Gasteiger partial charge in [-0.05, 0) is 111 Å². The van der Waals surface area contributed by atoms with Crippen molar-refractivity contribution < 1.29 is 62.2 Å². The minimum absolute atomic E-state index is 0.155. The lowest BCUT2D eigenvalue weighted by Crippen LogP contribution is -2.69. The molecule has 18 heteroatoms. The standard InChI is InChI=1S/C46H49N3O15/c1-28(63-45(54)62-27-32-9-17-34(18-10-32)49(57)58)40-38(25-39(50)41(44(53)64-46(2,3)4)43(52)61-26-31-7-15-33(16-8-31)48(55)56)47(42(40)51)35(23-29-11-19-36(59-5)20-12-29)24-30-13-21-37(60-6)22-14-30/h7-22,28,35,38,40-41H,23-27H2,1-6H3. The molecule has 5 rings (SSSR count). The zero-order valence-electron chi connectivity index (χ0n) is 36.1. The highest BCUT2D eigenvalue weighted by Gasteiger charge is 2.55. The molecule has 1 heterocycles. The molecule has 1 amide bonds. The van der Waals surface area contributed by atoms with Crippen molar-refractivity contribution in [3.63, 3.8) is 0 Å². The molecule has 4 aromatic rings. The van der Waals surface area contributed by atoms with Gasteiger partial charge in [0.15, 0.2) is 5.78 Å². The first-order valence-corrected chi connectivity index (χ1v) is 20.2. The number of amides is 1. The number of carbonyl (C=O) groups is 5. The maximum Gasteiger partial charge on any atom is 0.508 e. The van der Waals surface area contributed by atoms with Crippen LogP contribution in [-0.4, -0.2) is 82.5 Å². The monoisotopic (exact) mass is 883 g/mol. The SMILES string of the molecule is COc1ccc(CC(Cc2ccc(OC)cc2)N2C(=O)C(C(C)OC(=O)OCc3ccc([N+](=O)[O-])cc3)C2CC(=O)C(C(=O)OCc2ccc([N+](=O)[O-])cc2)C(=O)OC(C)(C)C)cc1. The van der Waals surface area contributed by atoms with Crippen LogP contribution in [0.5, 0.6) is 11.5 Å². The first-order chi connectivity index (χ1) is 30.4. The van der Waals surface area contributed by atoms with E-state index in [2.05, 4.69) is 0 Å². The van der Waals surface area contributed by atoms with Gasteiger partial charge in [-0.15, -0.1) is 0 Å². The molecule has 4 unspecified atom stereocenters. The van der Waals surface area contributed by atoms with Gasteiger partial charge in [0.05, 0.1) is 36.0 Å². The number of benzene rings is 4. The summed E-state index contributed by atoms with van der Waals surface area (Å²) >= 11 is 0. The van der Waals surface area contributed by atoms with E-state index >= 15 is 0 Å². The van der Waals surface area contributed by atoms with Crippen LogP contribution in [0.15, 0.2) is 97.1 Å². The second-order valence-electron chi connectivity index (χ2n) is 16.1. The van der Waals surface area contributed by atoms with Gasteiger partial charge in [-0.25, -0.2) is 4.79 Å². The van der Waals surface area contributed by atoms with Crippen molar-refractivity contribution in [2.75, 3.05) is 14.2 Å². The normalized spacial score (nSPS) is 15.5. The van der Waals surface area contributed by atoms with Crippen LogP contribution >= 0.6 is 0 Å². The average Bonchev–Trinajstić information content (AvgIpc) is 3.25. The number of hydrogen-bond acceptors (Lipinski definition) is 15. The van der Waals surface area contributed by atoms with E-state index in [0.29, 0.717) is 35.5 Å². The maximum atomic E-state index is 14.5. The number of rotatable bonds is 20. The van der Waals surface area contributed by atoms with Gasteiger partial charge < -0.3 is 33.3 Å². The van der Waals surface area contributed by atoms with E-state index in [0.717, 1.165) is 11.1 Å². The third kappa shape index (κ3) is 12.6. The minimum Gasteiger partial charge on any atom is -0.497 e. The number of likely N-dealkylation sites (tertiary alicyclic amines) is 1. The Labute approximate surface area is 368 Å². The fourth-order valence-corrected chi connectivity index (χ4v) is 7.23. The molecule has 338 valence electrons. The van der Waals surface area contributed by atoms with Crippen molar-refractivity contribution in [3.8, 4) is 11.5 Å². The molecule has 0 bridgehead atoms. The van der Waals surface area contributed by atoms with Crippen LogP contribution in [0.2, 0.25) is 0 Å². The van der Waals surface area contributed by atoms with Crippen LogP contribution in [0.1, 0.15) is 56.4 Å². The van der Waals surface area contributed by atoms with E-state index in [4.69, 9.17) is 28.4 Å². The van der Waals surface area contributed by atoms with Crippen molar-refractivity contribution in [2.45, 2.75) is 84.0 Å². The zero-order valence-corrected chi connectivity index (χ0v) is 36.1. The maximum absolute atomic E-state index is 14.5. The summed E-state index contributed by atoms with van der Waals surface area (Å²) in [6, 6.07) is 23.3. The lowest BCUT2D eigenvalue weighted by atomic mass is 9.76. The molecule has 64 heavy (non-hydrogen) atoms. The summed E-state index contributed by atoms with van der Waals surface area (Å²) in [6.45, 7) is 5.38. The summed E-state index contributed by atoms with van der Waals surface area (Å²) in [5.74, 6) is -5.87. The average molecular weight is 884 g/mol. The second-order valence-corrected chi connectivity index (χ2v) is 16.1. The topological polar surface area (TPSA) is 230 Å².